The van der Waals surface area contributed by atoms with Gasteiger partial charge in [0, 0.05) is 47.7 Å². The van der Waals surface area contributed by atoms with E-state index in [-0.39, 0.29) is 48.2 Å². The van der Waals surface area contributed by atoms with Crippen LogP contribution in [0.2, 0.25) is 0 Å². The Bertz CT molecular complexity index is 1410. The van der Waals surface area contributed by atoms with Gasteiger partial charge in [0.15, 0.2) is 11.3 Å². The molecule has 2 fully saturated rings. The summed E-state index contributed by atoms with van der Waals surface area (Å²) in [5.41, 5.74) is 2.60. The van der Waals surface area contributed by atoms with Gasteiger partial charge >= 0.3 is 5.97 Å². The molecule has 3 aliphatic heterocycles. The topological polar surface area (TPSA) is 177 Å². The van der Waals surface area contributed by atoms with E-state index in [2.05, 4.69) is 17.2 Å². The quantitative estimate of drug-likeness (QED) is 0.239. The van der Waals surface area contributed by atoms with Crippen LogP contribution in [0.5, 0.6) is 11.5 Å². The van der Waals surface area contributed by atoms with Crippen LogP contribution in [0.3, 0.4) is 0 Å². The molecule has 0 radical (unpaired) electrons. The van der Waals surface area contributed by atoms with Crippen molar-refractivity contribution in [3.63, 3.8) is 0 Å². The number of benzene rings is 1. The van der Waals surface area contributed by atoms with Gasteiger partial charge in [-0.15, -0.1) is 5.92 Å². The van der Waals surface area contributed by atoms with Crippen molar-refractivity contribution in [3.8, 4) is 23.3 Å². The average molecular weight is 572 g/mol. The van der Waals surface area contributed by atoms with Crippen LogP contribution in [0.4, 0.5) is 0 Å². The number of rotatable bonds is 5. The Hall–Kier alpha value is -3.34. The van der Waals surface area contributed by atoms with Crippen molar-refractivity contribution in [3.05, 3.63) is 23.0 Å². The average Bonchev–Trinajstić information content (AvgIpc) is 3.62. The number of esters is 1. The summed E-state index contributed by atoms with van der Waals surface area (Å²) < 4.78 is 29.2. The largest absolute Gasteiger partial charge is 0.490 e. The number of aliphatic hydroxyl groups is 4. The van der Waals surface area contributed by atoms with Crippen LogP contribution in [-0.4, -0.2) is 89.9 Å². The zero-order chi connectivity index (χ0) is 28.8. The molecule has 12 nitrogen and oxygen atoms in total. The van der Waals surface area contributed by atoms with E-state index in [1.165, 1.54) is 7.11 Å². The second-order valence-corrected chi connectivity index (χ2v) is 10.9. The molecule has 4 aliphatic rings. The summed E-state index contributed by atoms with van der Waals surface area (Å²) in [6.07, 6.45) is -3.84. The summed E-state index contributed by atoms with van der Waals surface area (Å²) >= 11 is 0. The number of nitrogens with one attached hydrogen (secondary N) is 1. The number of carbonyl (C=O) groups is 2. The Morgan fingerprint density at radius 1 is 1.07 bits per heavy atom. The highest BCUT2D eigenvalue weighted by atomic mass is 16.7. The van der Waals surface area contributed by atoms with Crippen molar-refractivity contribution in [2.45, 2.75) is 68.7 Å². The lowest BCUT2D eigenvalue weighted by atomic mass is 9.73. The SMILES string of the molecule is COc1c(OC2OC(CO)C(O)C(O)C2O)c2c(c3c(C4CNC(=O)C4)coc13)CC1C#CCCCOC(=O)C1C2. The van der Waals surface area contributed by atoms with Crippen LogP contribution in [-0.2, 0) is 31.9 Å². The van der Waals surface area contributed by atoms with Crippen LogP contribution in [0.15, 0.2) is 10.7 Å². The molecule has 2 aromatic rings. The van der Waals surface area contributed by atoms with E-state index in [9.17, 15) is 30.0 Å². The number of aliphatic hydroxyl groups excluding tert-OH is 4. The molecule has 2 saturated heterocycles. The van der Waals surface area contributed by atoms with Gasteiger partial charge in [0.05, 0.1) is 32.5 Å². The summed E-state index contributed by atoms with van der Waals surface area (Å²) in [7, 11) is 1.43. The van der Waals surface area contributed by atoms with Crippen molar-refractivity contribution >= 4 is 22.8 Å². The maximum atomic E-state index is 13.2. The zero-order valence-corrected chi connectivity index (χ0v) is 22.5. The molecule has 41 heavy (non-hydrogen) atoms. The molecule has 1 amide bonds. The van der Waals surface area contributed by atoms with E-state index in [0.29, 0.717) is 43.4 Å². The van der Waals surface area contributed by atoms with E-state index >= 15 is 0 Å². The third kappa shape index (κ3) is 4.81. The number of methoxy groups -OCH3 is 1. The van der Waals surface area contributed by atoms with Gasteiger partial charge in [-0.2, -0.15) is 0 Å². The molecule has 0 bridgehead atoms. The molecular weight excluding hydrogens is 538 g/mol. The number of hydrogen-bond acceptors (Lipinski definition) is 11. The molecule has 1 aromatic heterocycles. The lowest BCUT2D eigenvalue weighted by Gasteiger charge is -2.40. The Kier molecular flexibility index (Phi) is 7.56. The highest BCUT2D eigenvalue weighted by molar-refractivity contribution is 5.95. The van der Waals surface area contributed by atoms with Crippen molar-refractivity contribution in [1.82, 2.24) is 5.32 Å². The summed E-state index contributed by atoms with van der Waals surface area (Å²) in [4.78, 5) is 25.3. The monoisotopic (exact) mass is 571 g/mol. The summed E-state index contributed by atoms with van der Waals surface area (Å²) in [6, 6.07) is 0. The van der Waals surface area contributed by atoms with E-state index < -0.39 is 43.2 Å². The number of hydrogen-bond donors (Lipinski definition) is 5. The van der Waals surface area contributed by atoms with Crippen LogP contribution in [0, 0.1) is 23.7 Å². The van der Waals surface area contributed by atoms with Crippen molar-refractivity contribution < 1.29 is 53.4 Å². The van der Waals surface area contributed by atoms with Gasteiger partial charge in [0.25, 0.3) is 0 Å². The van der Waals surface area contributed by atoms with Gasteiger partial charge in [0.1, 0.15) is 24.4 Å². The Labute approximate surface area is 235 Å². The second-order valence-electron chi connectivity index (χ2n) is 10.9. The molecular formula is C29H33NO11. The zero-order valence-electron chi connectivity index (χ0n) is 22.5. The molecule has 0 saturated carbocycles. The Morgan fingerprint density at radius 3 is 2.63 bits per heavy atom. The molecule has 220 valence electrons. The molecule has 1 aromatic carbocycles. The lowest BCUT2D eigenvalue weighted by Crippen LogP contribution is -2.60. The number of cyclic esters (lactones) is 1. The smallest absolute Gasteiger partial charge is 0.310 e. The van der Waals surface area contributed by atoms with Gasteiger partial charge in [-0.3, -0.25) is 9.59 Å². The standard InChI is InChI=1S/C29H33NO11/c1-37-27-25(41-29-24(35)23(34)22(33)19(11-31)40-29)17-9-15-13(5-3-2-4-6-38-28(15)36)7-16(17)21-18(12-39-26(21)27)14-8-20(32)30-10-14/h12-15,19,22-24,29,31,33-35H,2,4,6-11H2,1H3,(H,30,32). The third-order valence-corrected chi connectivity index (χ3v) is 8.49. The van der Waals surface area contributed by atoms with E-state index in [4.69, 9.17) is 23.4 Å². The Morgan fingerprint density at radius 2 is 1.90 bits per heavy atom. The first kappa shape index (κ1) is 27.8. The number of amides is 1. The number of fused-ring (bicyclic) bond motifs is 4. The predicted octanol–water partition coefficient (Wildman–Crippen LogP) is -0.105. The van der Waals surface area contributed by atoms with E-state index in [1.54, 1.807) is 6.26 Å². The van der Waals surface area contributed by atoms with Crippen LogP contribution < -0.4 is 14.8 Å². The fourth-order valence-corrected chi connectivity index (χ4v) is 6.30. The molecule has 12 heteroatoms. The third-order valence-electron chi connectivity index (χ3n) is 8.49. The summed E-state index contributed by atoms with van der Waals surface area (Å²) in [5, 5.41) is 44.6. The Balaban J connectivity index is 1.51. The van der Waals surface area contributed by atoms with Crippen molar-refractivity contribution in [1.29, 1.82) is 0 Å². The minimum atomic E-state index is -1.66. The predicted molar refractivity (Wildman–Crippen MR) is 140 cm³/mol. The number of furan rings is 1. The minimum absolute atomic E-state index is 0.0577. The van der Waals surface area contributed by atoms with Gasteiger partial charge in [-0.25, -0.2) is 0 Å². The molecule has 4 heterocycles. The summed E-state index contributed by atoms with van der Waals surface area (Å²) in [5.74, 6) is 5.28. The van der Waals surface area contributed by atoms with Gasteiger partial charge < -0.3 is 49.1 Å². The van der Waals surface area contributed by atoms with Crippen molar-refractivity contribution in [2.24, 2.45) is 11.8 Å². The van der Waals surface area contributed by atoms with Crippen LogP contribution in [0.1, 0.15) is 41.9 Å². The highest BCUT2D eigenvalue weighted by Gasteiger charge is 2.47. The minimum Gasteiger partial charge on any atom is -0.490 e. The van der Waals surface area contributed by atoms with Crippen molar-refractivity contribution in [2.75, 3.05) is 26.9 Å². The first-order valence-corrected chi connectivity index (χ1v) is 13.8. The van der Waals surface area contributed by atoms with Crippen LogP contribution in [0.25, 0.3) is 11.0 Å². The molecule has 6 rings (SSSR count). The summed E-state index contributed by atoms with van der Waals surface area (Å²) in [6.45, 7) is 0.101. The molecule has 5 N–H and O–H groups in total. The van der Waals surface area contributed by atoms with E-state index in [1.807, 2.05) is 0 Å². The number of ether oxygens (including phenoxy) is 4. The second kappa shape index (κ2) is 11.2. The van der Waals surface area contributed by atoms with E-state index in [0.717, 1.165) is 16.5 Å². The molecule has 1 aliphatic carbocycles. The first-order chi connectivity index (χ1) is 19.8. The van der Waals surface area contributed by atoms with Crippen LogP contribution >= 0.6 is 0 Å². The lowest BCUT2D eigenvalue weighted by molar-refractivity contribution is -0.277. The normalized spacial score (nSPS) is 33.3. The molecule has 0 spiro atoms. The van der Waals surface area contributed by atoms with Gasteiger partial charge in [-0.05, 0) is 24.8 Å². The molecule has 8 unspecified atom stereocenters. The maximum absolute atomic E-state index is 13.2. The highest BCUT2D eigenvalue weighted by Crippen LogP contribution is 2.50. The fourth-order valence-electron chi connectivity index (χ4n) is 6.30. The van der Waals surface area contributed by atoms with Gasteiger partial charge in [0.2, 0.25) is 17.9 Å². The number of carbonyl (C=O) groups excluding carboxylic acids is 2. The fraction of sp³-hybridized carbons (Fsp3) is 0.586. The first-order valence-electron chi connectivity index (χ1n) is 13.8. The molecule has 8 atom stereocenters. The van der Waals surface area contributed by atoms with Gasteiger partial charge in [-0.1, -0.05) is 5.92 Å². The maximum Gasteiger partial charge on any atom is 0.310 e.